The Bertz CT molecular complexity index is 693. The van der Waals surface area contributed by atoms with Crippen LogP contribution in [-0.4, -0.2) is 25.3 Å². The largest absolute Gasteiger partial charge is 0.348 e. The van der Waals surface area contributed by atoms with E-state index in [9.17, 15) is 4.79 Å². The van der Waals surface area contributed by atoms with Gasteiger partial charge in [-0.1, -0.05) is 24.3 Å². The summed E-state index contributed by atoms with van der Waals surface area (Å²) >= 11 is 1.68. The molecule has 0 unspecified atom stereocenters. The summed E-state index contributed by atoms with van der Waals surface area (Å²) in [6.45, 7) is 4.19. The van der Waals surface area contributed by atoms with Crippen LogP contribution in [0.25, 0.3) is 0 Å². The van der Waals surface area contributed by atoms with Crippen LogP contribution in [0.5, 0.6) is 0 Å². The average Bonchev–Trinajstić information content (AvgIpc) is 2.68. The van der Waals surface area contributed by atoms with Crippen LogP contribution in [0, 0.1) is 0 Å². The highest BCUT2D eigenvalue weighted by molar-refractivity contribution is 7.98. The minimum atomic E-state index is -0.00669. The van der Waals surface area contributed by atoms with Gasteiger partial charge in [-0.2, -0.15) is 0 Å². The summed E-state index contributed by atoms with van der Waals surface area (Å²) in [6.07, 6.45) is 6.08. The first-order valence-electron chi connectivity index (χ1n) is 9.09. The highest BCUT2D eigenvalue weighted by Crippen LogP contribution is 2.15. The maximum atomic E-state index is 12.4. The maximum Gasteiger partial charge on any atom is 0.251 e. The Kier molecular flexibility index (Phi) is 6.54. The zero-order valence-corrected chi connectivity index (χ0v) is 15.7. The average molecular weight is 356 g/mol. The van der Waals surface area contributed by atoms with Crippen LogP contribution >= 0.6 is 11.8 Å². The number of nitrogens with one attached hydrogen (secondary N) is 2. The van der Waals surface area contributed by atoms with Gasteiger partial charge >= 0.3 is 0 Å². The van der Waals surface area contributed by atoms with Crippen molar-refractivity contribution in [2.24, 2.45) is 0 Å². The minimum Gasteiger partial charge on any atom is -0.348 e. The molecule has 2 N–H and O–H groups in total. The van der Waals surface area contributed by atoms with Crippen LogP contribution < -0.4 is 10.2 Å². The summed E-state index contributed by atoms with van der Waals surface area (Å²) in [6, 6.07) is 16.3. The van der Waals surface area contributed by atoms with E-state index in [1.165, 1.54) is 48.4 Å². The van der Waals surface area contributed by atoms with E-state index in [1.807, 2.05) is 30.5 Å². The standard InChI is InChI=1S/C21H26N2OS/c1-25-20-11-9-17(10-12-20)21(24)22-15-18-7-3-4-8-19(18)16-23-13-5-2-6-14-23/h3-4,7-12H,2,5-6,13-16H2,1H3,(H,22,24)/p+1. The van der Waals surface area contributed by atoms with Gasteiger partial charge < -0.3 is 10.2 Å². The minimum absolute atomic E-state index is 0.00669. The van der Waals surface area contributed by atoms with Crippen molar-refractivity contribution in [2.45, 2.75) is 37.2 Å². The van der Waals surface area contributed by atoms with E-state index < -0.39 is 0 Å². The molecule has 1 aliphatic heterocycles. The molecule has 0 bridgehead atoms. The number of likely N-dealkylation sites (tertiary alicyclic amines) is 1. The Morgan fingerprint density at radius 1 is 1.00 bits per heavy atom. The Morgan fingerprint density at radius 3 is 2.36 bits per heavy atom. The molecule has 3 rings (SSSR count). The molecule has 1 fully saturated rings. The highest BCUT2D eigenvalue weighted by atomic mass is 32.2. The molecular formula is C21H27N2OS+. The predicted molar refractivity (Wildman–Crippen MR) is 104 cm³/mol. The quantitative estimate of drug-likeness (QED) is 0.781. The summed E-state index contributed by atoms with van der Waals surface area (Å²) in [7, 11) is 0. The first kappa shape index (κ1) is 18.0. The third kappa shape index (κ3) is 5.10. The van der Waals surface area contributed by atoms with Crippen LogP contribution in [-0.2, 0) is 13.1 Å². The van der Waals surface area contributed by atoms with Crippen LogP contribution in [0.2, 0.25) is 0 Å². The SMILES string of the molecule is CSc1ccc(C(=O)NCc2ccccc2C[NH+]2CCCCC2)cc1. The van der Waals surface area contributed by atoms with Crippen LogP contribution in [0.4, 0.5) is 0 Å². The third-order valence-corrected chi connectivity index (χ3v) is 5.65. The monoisotopic (exact) mass is 355 g/mol. The fourth-order valence-electron chi connectivity index (χ4n) is 3.42. The third-order valence-electron chi connectivity index (χ3n) is 4.91. The molecule has 4 heteroatoms. The van der Waals surface area contributed by atoms with E-state index in [1.54, 1.807) is 16.7 Å². The maximum absolute atomic E-state index is 12.4. The van der Waals surface area contributed by atoms with Crippen molar-refractivity contribution in [3.63, 3.8) is 0 Å². The van der Waals surface area contributed by atoms with Crippen LogP contribution in [0.3, 0.4) is 0 Å². The zero-order chi connectivity index (χ0) is 17.5. The van der Waals surface area contributed by atoms with Gasteiger partial charge in [-0.25, -0.2) is 0 Å². The molecule has 1 heterocycles. The van der Waals surface area contributed by atoms with Crippen LogP contribution in [0.1, 0.15) is 40.7 Å². The number of benzene rings is 2. The van der Waals surface area contributed by atoms with E-state index in [-0.39, 0.29) is 5.91 Å². The second kappa shape index (κ2) is 9.07. The molecule has 1 aliphatic rings. The Hall–Kier alpha value is -1.78. The molecule has 1 saturated heterocycles. The first-order chi connectivity index (χ1) is 12.3. The van der Waals surface area contributed by atoms with E-state index >= 15 is 0 Å². The van der Waals surface area contributed by atoms with Crippen molar-refractivity contribution in [3.05, 3.63) is 65.2 Å². The number of hydrogen-bond acceptors (Lipinski definition) is 2. The second-order valence-electron chi connectivity index (χ2n) is 6.67. The molecule has 0 aromatic heterocycles. The van der Waals surface area contributed by atoms with Gasteiger partial charge in [0.15, 0.2) is 0 Å². The van der Waals surface area contributed by atoms with Crippen LogP contribution in [0.15, 0.2) is 53.4 Å². The van der Waals surface area contributed by atoms with Gasteiger partial charge in [0.25, 0.3) is 5.91 Å². The second-order valence-corrected chi connectivity index (χ2v) is 7.55. The van der Waals surface area contributed by atoms with Gasteiger partial charge in [0.2, 0.25) is 0 Å². The molecular weight excluding hydrogens is 328 g/mol. The number of amides is 1. The summed E-state index contributed by atoms with van der Waals surface area (Å²) < 4.78 is 0. The van der Waals surface area contributed by atoms with Gasteiger partial charge in [-0.3, -0.25) is 4.79 Å². The zero-order valence-electron chi connectivity index (χ0n) is 14.9. The lowest BCUT2D eigenvalue weighted by Gasteiger charge is -2.24. The molecule has 0 saturated carbocycles. The molecule has 132 valence electrons. The van der Waals surface area contributed by atoms with Gasteiger partial charge in [-0.15, -0.1) is 11.8 Å². The Morgan fingerprint density at radius 2 is 1.68 bits per heavy atom. The molecule has 2 aromatic rings. The fourth-order valence-corrected chi connectivity index (χ4v) is 3.83. The van der Waals surface area contributed by atoms with Crippen molar-refractivity contribution in [1.82, 2.24) is 5.32 Å². The summed E-state index contributed by atoms with van der Waals surface area (Å²) in [4.78, 5) is 15.2. The number of hydrogen-bond donors (Lipinski definition) is 2. The number of carbonyl (C=O) groups is 1. The Balaban J connectivity index is 1.61. The van der Waals surface area contributed by atoms with E-state index in [0.717, 1.165) is 12.1 Å². The normalized spacial score (nSPS) is 15.1. The lowest BCUT2D eigenvalue weighted by Crippen LogP contribution is -3.11. The molecule has 25 heavy (non-hydrogen) atoms. The van der Waals surface area contributed by atoms with Crippen molar-refractivity contribution in [3.8, 4) is 0 Å². The number of piperidine rings is 1. The lowest BCUT2D eigenvalue weighted by atomic mass is 10.0. The molecule has 1 amide bonds. The van der Waals surface area contributed by atoms with Gasteiger partial charge in [0.05, 0.1) is 13.1 Å². The molecule has 2 aromatic carbocycles. The topological polar surface area (TPSA) is 33.5 Å². The van der Waals surface area contributed by atoms with Crippen molar-refractivity contribution < 1.29 is 9.69 Å². The summed E-state index contributed by atoms with van der Waals surface area (Å²) in [5, 5.41) is 3.08. The molecule has 0 atom stereocenters. The van der Waals surface area contributed by atoms with Crippen molar-refractivity contribution in [1.29, 1.82) is 0 Å². The number of thioether (sulfide) groups is 1. The number of rotatable bonds is 6. The molecule has 0 aliphatic carbocycles. The van der Waals surface area contributed by atoms with Gasteiger partial charge in [0.1, 0.15) is 6.54 Å². The predicted octanol–water partition coefficient (Wildman–Crippen LogP) is 2.91. The lowest BCUT2D eigenvalue weighted by molar-refractivity contribution is -0.918. The molecule has 0 spiro atoms. The smallest absolute Gasteiger partial charge is 0.251 e. The van der Waals surface area contributed by atoms with Gasteiger partial charge in [0, 0.05) is 22.6 Å². The van der Waals surface area contributed by atoms with E-state index in [0.29, 0.717) is 6.54 Å². The van der Waals surface area contributed by atoms with Gasteiger partial charge in [-0.05, 0) is 55.3 Å². The summed E-state index contributed by atoms with van der Waals surface area (Å²) in [5.41, 5.74) is 3.31. The van der Waals surface area contributed by atoms with Crippen molar-refractivity contribution in [2.75, 3.05) is 19.3 Å². The van der Waals surface area contributed by atoms with E-state index in [2.05, 4.69) is 29.6 Å². The molecule has 0 radical (unpaired) electrons. The fraction of sp³-hybridized carbons (Fsp3) is 0.381. The summed E-state index contributed by atoms with van der Waals surface area (Å²) in [5.74, 6) is -0.00669. The van der Waals surface area contributed by atoms with E-state index in [4.69, 9.17) is 0 Å². The highest BCUT2D eigenvalue weighted by Gasteiger charge is 2.16. The van der Waals surface area contributed by atoms with Crippen molar-refractivity contribution >= 4 is 17.7 Å². The number of carbonyl (C=O) groups excluding carboxylic acids is 1. The molecule has 3 nitrogen and oxygen atoms in total. The first-order valence-corrected chi connectivity index (χ1v) is 10.3. The Labute approximate surface area is 154 Å². The number of quaternary nitrogens is 1.